The van der Waals surface area contributed by atoms with Crippen LogP contribution in [0.25, 0.3) is 11.0 Å². The number of benzene rings is 1. The van der Waals surface area contributed by atoms with Crippen LogP contribution in [0.15, 0.2) is 36.7 Å². The lowest BCUT2D eigenvalue weighted by atomic mass is 9.81. The lowest BCUT2D eigenvalue weighted by Gasteiger charge is -2.28. The van der Waals surface area contributed by atoms with Gasteiger partial charge in [-0.2, -0.15) is 0 Å². The van der Waals surface area contributed by atoms with Gasteiger partial charge in [0.05, 0.1) is 30.6 Å². The average Bonchev–Trinajstić information content (AvgIpc) is 3.29. The Morgan fingerprint density at radius 2 is 2.00 bits per heavy atom. The first kappa shape index (κ1) is 23.3. The molecule has 0 radical (unpaired) electrons. The van der Waals surface area contributed by atoms with Crippen molar-refractivity contribution in [1.82, 2.24) is 19.4 Å². The predicted octanol–water partition coefficient (Wildman–Crippen LogP) is 4.72. The normalized spacial score (nSPS) is 20.9. The summed E-state index contributed by atoms with van der Waals surface area (Å²) in [6.45, 7) is 3.33. The molecule has 5 rings (SSSR count). The van der Waals surface area contributed by atoms with Crippen LogP contribution < -0.4 is 0 Å². The zero-order valence-electron chi connectivity index (χ0n) is 20.3. The molecule has 1 saturated carbocycles. The van der Waals surface area contributed by atoms with Crippen LogP contribution in [-0.2, 0) is 28.9 Å². The van der Waals surface area contributed by atoms with Crippen molar-refractivity contribution in [3.8, 4) is 0 Å². The number of rotatable bonds is 5. The fraction of sp³-hybridized carbons (Fsp3) is 0.481. The van der Waals surface area contributed by atoms with Gasteiger partial charge in [0, 0.05) is 36.5 Å². The van der Waals surface area contributed by atoms with E-state index >= 15 is 0 Å². The molecule has 1 amide bonds. The Morgan fingerprint density at radius 3 is 2.69 bits per heavy atom. The van der Waals surface area contributed by atoms with Gasteiger partial charge in [0.25, 0.3) is 0 Å². The van der Waals surface area contributed by atoms with Crippen LogP contribution in [0.2, 0.25) is 0 Å². The first-order valence-electron chi connectivity index (χ1n) is 12.4. The first-order chi connectivity index (χ1) is 17.0. The number of carbonyl (C=O) groups is 2. The number of hydrogen-bond donors (Lipinski definition) is 1. The van der Waals surface area contributed by atoms with Crippen LogP contribution in [0.3, 0.4) is 0 Å². The molecule has 3 aromatic rings. The van der Waals surface area contributed by atoms with Crippen molar-refractivity contribution < 1.29 is 19.4 Å². The number of hydrogen-bond acceptors (Lipinski definition) is 5. The Hall–Kier alpha value is -3.42. The predicted molar refractivity (Wildman–Crippen MR) is 131 cm³/mol. The SMILES string of the molecule is COC(=O)N1CCc2ccc3c(nc([C@H]4CC[C@H](C(=O)O)CC4)n3[C@H](C)Cc3cccnc3)c2C1. The van der Waals surface area contributed by atoms with E-state index in [0.717, 1.165) is 53.7 Å². The molecule has 2 aromatic heterocycles. The van der Waals surface area contributed by atoms with Gasteiger partial charge in [0.1, 0.15) is 5.82 Å². The molecular weight excluding hydrogens is 444 g/mol. The van der Waals surface area contributed by atoms with Gasteiger partial charge >= 0.3 is 12.1 Å². The fourth-order valence-electron chi connectivity index (χ4n) is 5.80. The van der Waals surface area contributed by atoms with E-state index in [9.17, 15) is 14.7 Å². The lowest BCUT2D eigenvalue weighted by molar-refractivity contribution is -0.142. The molecule has 0 spiro atoms. The summed E-state index contributed by atoms with van der Waals surface area (Å²) in [4.78, 5) is 35.0. The largest absolute Gasteiger partial charge is 0.481 e. The van der Waals surface area contributed by atoms with Gasteiger partial charge in [-0.3, -0.25) is 9.78 Å². The molecule has 1 aromatic carbocycles. The smallest absolute Gasteiger partial charge is 0.409 e. The summed E-state index contributed by atoms with van der Waals surface area (Å²) >= 11 is 0. The number of carbonyl (C=O) groups excluding carboxylic acids is 1. The number of carboxylic acid groups (broad SMARTS) is 1. The number of methoxy groups -OCH3 is 1. The molecule has 0 bridgehead atoms. The molecule has 1 fully saturated rings. The van der Waals surface area contributed by atoms with Gasteiger partial charge in [-0.25, -0.2) is 9.78 Å². The van der Waals surface area contributed by atoms with Crippen molar-refractivity contribution in [3.05, 3.63) is 59.2 Å². The highest BCUT2D eigenvalue weighted by Gasteiger charge is 2.32. The van der Waals surface area contributed by atoms with E-state index in [1.54, 1.807) is 11.1 Å². The number of aliphatic carboxylic acids is 1. The van der Waals surface area contributed by atoms with Gasteiger partial charge in [-0.05, 0) is 68.7 Å². The van der Waals surface area contributed by atoms with Gasteiger partial charge < -0.3 is 19.3 Å². The Bertz CT molecular complexity index is 1230. The van der Waals surface area contributed by atoms with E-state index in [-0.39, 0.29) is 24.0 Å². The Balaban J connectivity index is 1.56. The fourth-order valence-corrected chi connectivity index (χ4v) is 5.80. The quantitative estimate of drug-likeness (QED) is 0.572. The average molecular weight is 477 g/mol. The van der Waals surface area contributed by atoms with E-state index in [1.807, 2.05) is 12.3 Å². The molecule has 184 valence electrons. The maximum absolute atomic E-state index is 12.3. The van der Waals surface area contributed by atoms with Gasteiger partial charge in [0.2, 0.25) is 0 Å². The van der Waals surface area contributed by atoms with Crippen LogP contribution in [0.4, 0.5) is 4.79 Å². The minimum Gasteiger partial charge on any atom is -0.481 e. The van der Waals surface area contributed by atoms with Crippen LogP contribution in [0, 0.1) is 5.92 Å². The van der Waals surface area contributed by atoms with Crippen molar-refractivity contribution in [2.75, 3.05) is 13.7 Å². The zero-order chi connectivity index (χ0) is 24.5. The number of carboxylic acids is 1. The number of nitrogens with zero attached hydrogens (tertiary/aromatic N) is 4. The van der Waals surface area contributed by atoms with E-state index in [2.05, 4.69) is 34.7 Å². The minimum absolute atomic E-state index is 0.148. The van der Waals surface area contributed by atoms with E-state index in [0.29, 0.717) is 25.9 Å². The number of ether oxygens (including phenoxy) is 1. The molecule has 8 heteroatoms. The van der Waals surface area contributed by atoms with Crippen molar-refractivity contribution >= 4 is 23.1 Å². The second-order valence-electron chi connectivity index (χ2n) is 9.85. The molecule has 1 aliphatic carbocycles. The number of aromatic nitrogens is 3. The second kappa shape index (κ2) is 9.68. The van der Waals surface area contributed by atoms with E-state index < -0.39 is 5.97 Å². The first-order valence-corrected chi connectivity index (χ1v) is 12.4. The zero-order valence-corrected chi connectivity index (χ0v) is 20.3. The monoisotopic (exact) mass is 476 g/mol. The van der Waals surface area contributed by atoms with Crippen molar-refractivity contribution in [2.24, 2.45) is 5.92 Å². The van der Waals surface area contributed by atoms with E-state index in [4.69, 9.17) is 9.72 Å². The number of fused-ring (bicyclic) bond motifs is 3. The summed E-state index contributed by atoms with van der Waals surface area (Å²) in [6, 6.07) is 8.54. The highest BCUT2D eigenvalue weighted by atomic mass is 16.5. The molecule has 1 aliphatic heterocycles. The lowest BCUT2D eigenvalue weighted by Crippen LogP contribution is -2.35. The van der Waals surface area contributed by atoms with Crippen LogP contribution >= 0.6 is 0 Å². The molecule has 0 saturated heterocycles. The summed E-state index contributed by atoms with van der Waals surface area (Å²) in [7, 11) is 1.42. The summed E-state index contributed by atoms with van der Waals surface area (Å²) in [5, 5.41) is 9.47. The molecular formula is C27H32N4O4. The standard InChI is InChI=1S/C27H32N4O4/c1-17(14-18-4-3-12-28-15-18)31-23-10-9-19-11-13-30(27(34)35-2)16-22(19)24(23)29-25(31)20-5-7-21(8-6-20)26(32)33/h3-4,9-10,12,15,17,20-21H,5-8,11,13-14,16H2,1-2H3,(H,32,33)/t17-,20-,21-/m1/s1. The maximum Gasteiger partial charge on any atom is 0.409 e. The molecule has 1 N–H and O–H groups in total. The van der Waals surface area contributed by atoms with Crippen molar-refractivity contribution in [1.29, 1.82) is 0 Å². The topological polar surface area (TPSA) is 97.5 Å². The van der Waals surface area contributed by atoms with Crippen LogP contribution in [0.5, 0.6) is 0 Å². The maximum atomic E-state index is 12.3. The van der Waals surface area contributed by atoms with Crippen molar-refractivity contribution in [3.63, 3.8) is 0 Å². The van der Waals surface area contributed by atoms with Gasteiger partial charge in [-0.1, -0.05) is 12.1 Å². The Labute approximate surface area is 204 Å². The van der Waals surface area contributed by atoms with Crippen LogP contribution in [-0.4, -0.2) is 50.3 Å². The third-order valence-corrected chi connectivity index (χ3v) is 7.66. The van der Waals surface area contributed by atoms with Gasteiger partial charge in [-0.15, -0.1) is 0 Å². The summed E-state index contributed by atoms with van der Waals surface area (Å²) in [5.41, 5.74) is 5.50. The molecule has 3 heterocycles. The highest BCUT2D eigenvalue weighted by molar-refractivity contribution is 5.82. The Kier molecular flexibility index (Phi) is 6.45. The molecule has 2 aliphatic rings. The summed E-state index contributed by atoms with van der Waals surface area (Å²) in [5.74, 6) is 0.284. The Morgan fingerprint density at radius 1 is 1.20 bits per heavy atom. The second-order valence-corrected chi connectivity index (χ2v) is 9.85. The summed E-state index contributed by atoms with van der Waals surface area (Å²) < 4.78 is 7.33. The number of pyridine rings is 1. The third-order valence-electron chi connectivity index (χ3n) is 7.66. The number of imidazole rings is 1. The van der Waals surface area contributed by atoms with Crippen molar-refractivity contribution in [2.45, 2.75) is 64.0 Å². The van der Waals surface area contributed by atoms with E-state index in [1.165, 1.54) is 12.7 Å². The van der Waals surface area contributed by atoms with Crippen LogP contribution in [0.1, 0.15) is 67.1 Å². The molecule has 8 nitrogen and oxygen atoms in total. The third kappa shape index (κ3) is 4.49. The number of amides is 1. The minimum atomic E-state index is -0.695. The summed E-state index contributed by atoms with van der Waals surface area (Å²) in [6.07, 6.45) is 7.95. The molecule has 1 atom stereocenters. The highest BCUT2D eigenvalue weighted by Crippen LogP contribution is 2.40. The molecule has 0 unspecified atom stereocenters. The molecule has 35 heavy (non-hydrogen) atoms. The van der Waals surface area contributed by atoms with Gasteiger partial charge in [0.15, 0.2) is 0 Å².